The summed E-state index contributed by atoms with van der Waals surface area (Å²) in [5, 5.41) is 0.608. The number of ether oxygens (including phenoxy) is 1. The smallest absolute Gasteiger partial charge is 0.260 e. The molecule has 7 heteroatoms. The second-order valence-corrected chi connectivity index (χ2v) is 7.55. The van der Waals surface area contributed by atoms with E-state index in [0.29, 0.717) is 22.8 Å². The molecule has 1 amide bonds. The predicted octanol–water partition coefficient (Wildman–Crippen LogP) is 2.00. The third-order valence-electron chi connectivity index (χ3n) is 4.72. The van der Waals surface area contributed by atoms with Crippen molar-refractivity contribution in [1.82, 2.24) is 4.98 Å². The zero-order valence-corrected chi connectivity index (χ0v) is 15.7. The summed E-state index contributed by atoms with van der Waals surface area (Å²) >= 11 is 1.35. The van der Waals surface area contributed by atoms with Gasteiger partial charge in [-0.15, -0.1) is 0 Å². The highest BCUT2D eigenvalue weighted by atomic mass is 32.1. The SMILES string of the molecule is O=C(c1ccccc1)N(CC[NH+]1CCOCC1)c1nc2ccc(F)cc2s1. The lowest BCUT2D eigenvalue weighted by atomic mass is 10.2. The van der Waals surface area contributed by atoms with Crippen LogP contribution in [0.4, 0.5) is 9.52 Å². The van der Waals surface area contributed by atoms with Crippen LogP contribution in [0, 0.1) is 5.82 Å². The molecule has 3 aromatic rings. The molecule has 1 aromatic heterocycles. The van der Waals surface area contributed by atoms with Crippen LogP contribution >= 0.6 is 11.3 Å². The van der Waals surface area contributed by atoms with Crippen molar-refractivity contribution in [3.8, 4) is 0 Å². The van der Waals surface area contributed by atoms with Crippen LogP contribution in [0.2, 0.25) is 0 Å². The van der Waals surface area contributed by atoms with Crippen molar-refractivity contribution < 1.29 is 18.8 Å². The largest absolute Gasteiger partial charge is 0.370 e. The number of halogens is 1. The van der Waals surface area contributed by atoms with Crippen LogP contribution in [-0.2, 0) is 4.74 Å². The number of nitrogens with zero attached hydrogens (tertiary/aromatic N) is 2. The maximum Gasteiger partial charge on any atom is 0.260 e. The number of aromatic nitrogens is 1. The molecule has 0 unspecified atom stereocenters. The number of rotatable bonds is 5. The maximum absolute atomic E-state index is 13.5. The van der Waals surface area contributed by atoms with Gasteiger partial charge in [0.1, 0.15) is 18.9 Å². The minimum atomic E-state index is -0.295. The van der Waals surface area contributed by atoms with Gasteiger partial charge < -0.3 is 9.64 Å². The molecule has 0 radical (unpaired) electrons. The molecule has 1 N–H and O–H groups in total. The number of fused-ring (bicyclic) bond motifs is 1. The third kappa shape index (κ3) is 4.16. The Morgan fingerprint density at radius 3 is 2.74 bits per heavy atom. The zero-order valence-electron chi connectivity index (χ0n) is 14.9. The minimum absolute atomic E-state index is 0.0808. The molecule has 1 aliphatic rings. The highest BCUT2D eigenvalue weighted by molar-refractivity contribution is 7.22. The van der Waals surface area contributed by atoms with Crippen LogP contribution in [0.15, 0.2) is 48.5 Å². The molecule has 0 spiro atoms. The van der Waals surface area contributed by atoms with E-state index in [9.17, 15) is 9.18 Å². The molecule has 1 saturated heterocycles. The van der Waals surface area contributed by atoms with Crippen molar-refractivity contribution in [1.29, 1.82) is 0 Å². The van der Waals surface area contributed by atoms with Crippen LogP contribution < -0.4 is 9.80 Å². The number of nitrogens with one attached hydrogen (secondary N) is 1. The second-order valence-electron chi connectivity index (χ2n) is 6.54. The Morgan fingerprint density at radius 1 is 1.19 bits per heavy atom. The number of morpholine rings is 1. The van der Waals surface area contributed by atoms with E-state index in [1.165, 1.54) is 28.4 Å². The first-order valence-corrected chi connectivity index (χ1v) is 9.87. The van der Waals surface area contributed by atoms with E-state index in [1.54, 1.807) is 11.0 Å². The summed E-state index contributed by atoms with van der Waals surface area (Å²) in [7, 11) is 0. The molecule has 27 heavy (non-hydrogen) atoms. The number of thiazole rings is 1. The Morgan fingerprint density at radius 2 is 1.96 bits per heavy atom. The van der Waals surface area contributed by atoms with Gasteiger partial charge in [0.05, 0.1) is 36.5 Å². The van der Waals surface area contributed by atoms with Crippen LogP contribution in [0.25, 0.3) is 10.2 Å². The van der Waals surface area contributed by atoms with Gasteiger partial charge in [-0.3, -0.25) is 9.69 Å². The van der Waals surface area contributed by atoms with Gasteiger partial charge in [-0.25, -0.2) is 9.37 Å². The van der Waals surface area contributed by atoms with Gasteiger partial charge in [0.15, 0.2) is 5.13 Å². The van der Waals surface area contributed by atoms with E-state index >= 15 is 0 Å². The Balaban J connectivity index is 1.62. The van der Waals surface area contributed by atoms with Gasteiger partial charge >= 0.3 is 0 Å². The first-order valence-electron chi connectivity index (χ1n) is 9.05. The number of benzene rings is 2. The normalized spacial score (nSPS) is 15.1. The van der Waals surface area contributed by atoms with Crippen molar-refractivity contribution in [2.75, 3.05) is 44.3 Å². The van der Waals surface area contributed by atoms with E-state index in [-0.39, 0.29) is 11.7 Å². The molecule has 0 atom stereocenters. The van der Waals surface area contributed by atoms with Crippen molar-refractivity contribution in [3.05, 3.63) is 59.9 Å². The molecule has 2 aromatic carbocycles. The molecule has 4 rings (SSSR count). The summed E-state index contributed by atoms with van der Waals surface area (Å²) in [6.07, 6.45) is 0. The second kappa shape index (κ2) is 8.12. The van der Waals surface area contributed by atoms with E-state index in [4.69, 9.17) is 4.74 Å². The fraction of sp³-hybridized carbons (Fsp3) is 0.300. The molecule has 140 valence electrons. The van der Waals surface area contributed by atoms with Gasteiger partial charge in [-0.05, 0) is 30.3 Å². The van der Waals surface area contributed by atoms with E-state index in [1.807, 2.05) is 30.3 Å². The molecular weight excluding hydrogens is 365 g/mol. The molecule has 0 saturated carbocycles. The Hall–Kier alpha value is -2.35. The Labute approximate surface area is 161 Å². The fourth-order valence-corrected chi connectivity index (χ4v) is 4.22. The first-order chi connectivity index (χ1) is 13.2. The average molecular weight is 386 g/mol. The molecule has 1 aliphatic heterocycles. The zero-order chi connectivity index (χ0) is 18.6. The van der Waals surface area contributed by atoms with Gasteiger partial charge in [-0.1, -0.05) is 29.5 Å². The van der Waals surface area contributed by atoms with Gasteiger partial charge in [0.25, 0.3) is 5.91 Å². The average Bonchev–Trinajstić information content (AvgIpc) is 3.12. The lowest BCUT2D eigenvalue weighted by molar-refractivity contribution is -0.906. The maximum atomic E-state index is 13.5. The molecule has 1 fully saturated rings. The topological polar surface area (TPSA) is 46.9 Å². The highest BCUT2D eigenvalue weighted by Crippen LogP contribution is 2.30. The van der Waals surface area contributed by atoms with Crippen molar-refractivity contribution >= 4 is 32.6 Å². The first kappa shape index (κ1) is 18.0. The molecule has 0 bridgehead atoms. The Bertz CT molecular complexity index is 925. The van der Waals surface area contributed by atoms with E-state index < -0.39 is 0 Å². The van der Waals surface area contributed by atoms with Gasteiger partial charge in [0.2, 0.25) is 0 Å². The van der Waals surface area contributed by atoms with Crippen molar-refractivity contribution in [2.45, 2.75) is 0 Å². The number of hydrogen-bond acceptors (Lipinski definition) is 4. The lowest BCUT2D eigenvalue weighted by Crippen LogP contribution is -3.14. The molecule has 5 nitrogen and oxygen atoms in total. The summed E-state index contributed by atoms with van der Waals surface area (Å²) in [6.45, 7) is 4.78. The lowest BCUT2D eigenvalue weighted by Gasteiger charge is -2.26. The van der Waals surface area contributed by atoms with Crippen molar-refractivity contribution in [2.24, 2.45) is 0 Å². The quantitative estimate of drug-likeness (QED) is 0.730. The van der Waals surface area contributed by atoms with Crippen LogP contribution in [0.5, 0.6) is 0 Å². The fourth-order valence-electron chi connectivity index (χ4n) is 3.20. The highest BCUT2D eigenvalue weighted by Gasteiger charge is 2.24. The van der Waals surface area contributed by atoms with Gasteiger partial charge in [-0.2, -0.15) is 0 Å². The van der Waals surface area contributed by atoms with Gasteiger partial charge in [0, 0.05) is 5.56 Å². The molecular formula is C20H21FN3O2S+. The van der Waals surface area contributed by atoms with E-state index in [2.05, 4.69) is 4.98 Å². The number of carbonyl (C=O) groups excluding carboxylic acids is 1. The summed E-state index contributed by atoms with van der Waals surface area (Å²) in [4.78, 5) is 20.9. The Kier molecular flexibility index (Phi) is 5.42. The summed E-state index contributed by atoms with van der Waals surface area (Å²) in [6, 6.07) is 13.7. The summed E-state index contributed by atoms with van der Waals surface area (Å²) in [5.74, 6) is -0.376. The number of hydrogen-bond donors (Lipinski definition) is 1. The number of quaternary nitrogens is 1. The monoisotopic (exact) mass is 386 g/mol. The molecule has 0 aliphatic carbocycles. The number of anilines is 1. The minimum Gasteiger partial charge on any atom is -0.370 e. The third-order valence-corrected chi connectivity index (χ3v) is 5.77. The van der Waals surface area contributed by atoms with Crippen LogP contribution in [0.1, 0.15) is 10.4 Å². The van der Waals surface area contributed by atoms with Crippen LogP contribution in [0.3, 0.4) is 0 Å². The molecule has 2 heterocycles. The number of carbonyl (C=O) groups is 1. The van der Waals surface area contributed by atoms with E-state index in [0.717, 1.165) is 37.5 Å². The standard InChI is InChI=1S/C20H20FN3O2S/c21-16-6-7-17-18(14-16)27-20(22-17)24(9-8-23-10-12-26-13-11-23)19(25)15-4-2-1-3-5-15/h1-7,14H,8-13H2/p+1. The van der Waals surface area contributed by atoms with Crippen LogP contribution in [-0.4, -0.2) is 50.3 Å². The number of amides is 1. The summed E-state index contributed by atoms with van der Waals surface area (Å²) in [5.41, 5.74) is 1.33. The summed E-state index contributed by atoms with van der Waals surface area (Å²) < 4.78 is 19.7. The van der Waals surface area contributed by atoms with Crippen molar-refractivity contribution in [3.63, 3.8) is 0 Å². The predicted molar refractivity (Wildman–Crippen MR) is 104 cm³/mol.